The number of aryl methyl sites for hydroxylation is 1. The van der Waals surface area contributed by atoms with Gasteiger partial charge >= 0.3 is 0 Å². The van der Waals surface area contributed by atoms with E-state index in [1.165, 1.54) is 6.07 Å². The van der Waals surface area contributed by atoms with Gasteiger partial charge in [-0.15, -0.1) is 0 Å². The minimum atomic E-state index is -4.22. The minimum absolute atomic E-state index is 0.0837. The van der Waals surface area contributed by atoms with Gasteiger partial charge in [-0.1, -0.05) is 12.1 Å². The molecule has 1 heterocycles. The second-order valence-corrected chi connectivity index (χ2v) is 10.2. The van der Waals surface area contributed by atoms with Gasteiger partial charge in [0.15, 0.2) is 0 Å². The van der Waals surface area contributed by atoms with Crippen molar-refractivity contribution in [3.8, 4) is 5.75 Å². The molecule has 1 atom stereocenters. The molecule has 0 fully saturated rings. The Hall–Kier alpha value is -3.01. The highest BCUT2D eigenvalue weighted by molar-refractivity contribution is 7.87. The molecule has 0 saturated heterocycles. The van der Waals surface area contributed by atoms with E-state index in [-0.39, 0.29) is 17.1 Å². The first-order chi connectivity index (χ1) is 15.5. The molecule has 33 heavy (non-hydrogen) atoms. The zero-order valence-electron chi connectivity index (χ0n) is 18.8. The molecular weight excluding hydrogens is 444 g/mol. The number of nitrogens with zero attached hydrogens (tertiary/aromatic N) is 1. The standard InChI is InChI=1S/C24H28N2O6S/c1-24(2,3)32-33(29,30)21-11-7-17-13-19(9-10-20(17)22(21)23(25)28)31-15-18(27)8-6-16-5-4-12-26-14-16/h4-5,7,9-14,18,27H,6,8,15H2,1-3H3,(H2,25,28). The fraction of sp³-hybridized carbons (Fsp3) is 0.333. The van der Waals surface area contributed by atoms with Crippen LogP contribution in [0.25, 0.3) is 10.8 Å². The molecule has 3 N–H and O–H groups in total. The zero-order chi connectivity index (χ0) is 24.2. The van der Waals surface area contributed by atoms with Crippen LogP contribution in [0.2, 0.25) is 0 Å². The summed E-state index contributed by atoms with van der Waals surface area (Å²) in [5, 5.41) is 11.2. The molecule has 0 spiro atoms. The van der Waals surface area contributed by atoms with Crippen molar-refractivity contribution in [2.45, 2.75) is 50.2 Å². The maximum absolute atomic E-state index is 12.7. The lowest BCUT2D eigenvalue weighted by molar-refractivity contribution is 0.0995. The predicted octanol–water partition coefficient (Wildman–Crippen LogP) is 3.21. The number of amides is 1. The number of ether oxygens (including phenoxy) is 1. The van der Waals surface area contributed by atoms with E-state index in [1.54, 1.807) is 57.4 Å². The van der Waals surface area contributed by atoms with Crippen molar-refractivity contribution < 1.29 is 27.2 Å². The van der Waals surface area contributed by atoms with Gasteiger partial charge < -0.3 is 15.6 Å². The molecule has 1 unspecified atom stereocenters. The Balaban J connectivity index is 1.79. The summed E-state index contributed by atoms with van der Waals surface area (Å²) in [6.07, 6.45) is 3.96. The number of hydrogen-bond acceptors (Lipinski definition) is 7. The monoisotopic (exact) mass is 472 g/mol. The van der Waals surface area contributed by atoms with E-state index in [2.05, 4.69) is 4.98 Å². The van der Waals surface area contributed by atoms with Crippen LogP contribution in [0.4, 0.5) is 0 Å². The largest absolute Gasteiger partial charge is 0.491 e. The first-order valence-corrected chi connectivity index (χ1v) is 11.9. The van der Waals surface area contributed by atoms with Gasteiger partial charge in [0.05, 0.1) is 17.3 Å². The molecule has 0 aliphatic carbocycles. The second kappa shape index (κ2) is 9.86. The Kier molecular flexibility index (Phi) is 7.36. The first-order valence-electron chi connectivity index (χ1n) is 10.5. The highest BCUT2D eigenvalue weighted by Crippen LogP contribution is 2.31. The van der Waals surface area contributed by atoms with Crippen molar-refractivity contribution in [2.75, 3.05) is 6.61 Å². The van der Waals surface area contributed by atoms with Crippen LogP contribution in [-0.4, -0.2) is 42.7 Å². The number of benzene rings is 2. The summed E-state index contributed by atoms with van der Waals surface area (Å²) in [4.78, 5) is 15.9. The van der Waals surface area contributed by atoms with Crippen LogP contribution in [0.5, 0.6) is 5.75 Å². The van der Waals surface area contributed by atoms with Crippen LogP contribution < -0.4 is 10.5 Å². The SMILES string of the molecule is CC(C)(C)OS(=O)(=O)c1ccc2cc(OCC(O)CCc3cccnc3)ccc2c1C(N)=O. The average Bonchev–Trinajstić information content (AvgIpc) is 2.74. The Morgan fingerprint density at radius 1 is 1.18 bits per heavy atom. The molecule has 0 aliphatic heterocycles. The van der Waals surface area contributed by atoms with Crippen molar-refractivity contribution in [3.63, 3.8) is 0 Å². The van der Waals surface area contributed by atoms with E-state index in [9.17, 15) is 18.3 Å². The number of pyridine rings is 1. The highest BCUT2D eigenvalue weighted by Gasteiger charge is 2.29. The molecule has 2 aromatic carbocycles. The number of nitrogens with two attached hydrogens (primary N) is 1. The highest BCUT2D eigenvalue weighted by atomic mass is 32.2. The maximum atomic E-state index is 12.7. The third-order valence-corrected chi connectivity index (χ3v) is 6.36. The van der Waals surface area contributed by atoms with Gasteiger partial charge in [0.2, 0.25) is 0 Å². The first kappa shape index (κ1) is 24.6. The summed E-state index contributed by atoms with van der Waals surface area (Å²) in [6, 6.07) is 11.5. The van der Waals surface area contributed by atoms with Crippen molar-refractivity contribution in [3.05, 3.63) is 66.0 Å². The summed E-state index contributed by atoms with van der Waals surface area (Å²) in [7, 11) is -4.22. The lowest BCUT2D eigenvalue weighted by Gasteiger charge is -2.20. The molecule has 8 nitrogen and oxygen atoms in total. The van der Waals surface area contributed by atoms with Crippen LogP contribution in [0.15, 0.2) is 59.8 Å². The molecule has 176 valence electrons. The predicted molar refractivity (Wildman–Crippen MR) is 125 cm³/mol. The number of primary amides is 1. The molecule has 0 saturated carbocycles. The molecule has 0 aliphatic rings. The average molecular weight is 473 g/mol. The Morgan fingerprint density at radius 3 is 2.58 bits per heavy atom. The quantitative estimate of drug-likeness (QED) is 0.458. The van der Waals surface area contributed by atoms with Crippen LogP contribution in [0.1, 0.15) is 43.1 Å². The molecule has 1 amide bonds. The molecule has 3 aromatic rings. The van der Waals surface area contributed by atoms with Crippen LogP contribution in [-0.2, 0) is 20.7 Å². The molecule has 0 radical (unpaired) electrons. The van der Waals surface area contributed by atoms with E-state index in [0.29, 0.717) is 29.4 Å². The number of rotatable bonds is 9. The summed E-state index contributed by atoms with van der Waals surface area (Å²) >= 11 is 0. The molecule has 3 rings (SSSR count). The summed E-state index contributed by atoms with van der Waals surface area (Å²) in [6.45, 7) is 4.89. The number of fused-ring (bicyclic) bond motifs is 1. The third kappa shape index (κ3) is 6.50. The van der Waals surface area contributed by atoms with Gasteiger partial charge in [0.25, 0.3) is 16.0 Å². The second-order valence-electron chi connectivity index (χ2n) is 8.70. The van der Waals surface area contributed by atoms with E-state index >= 15 is 0 Å². The number of aromatic nitrogens is 1. The van der Waals surface area contributed by atoms with E-state index in [4.69, 9.17) is 14.7 Å². The normalized spacial score (nSPS) is 13.1. The summed E-state index contributed by atoms with van der Waals surface area (Å²) in [5.41, 5.74) is 5.45. The summed E-state index contributed by atoms with van der Waals surface area (Å²) < 4.78 is 36.4. The van der Waals surface area contributed by atoms with Crippen LogP contribution in [0, 0.1) is 0 Å². The van der Waals surface area contributed by atoms with Gasteiger partial charge in [0, 0.05) is 12.4 Å². The van der Waals surface area contributed by atoms with Crippen LogP contribution >= 0.6 is 0 Å². The molecular formula is C24H28N2O6S. The van der Waals surface area contributed by atoms with Crippen molar-refractivity contribution in [2.24, 2.45) is 5.73 Å². The van der Waals surface area contributed by atoms with Gasteiger partial charge in [0.1, 0.15) is 17.3 Å². The van der Waals surface area contributed by atoms with Crippen LogP contribution in [0.3, 0.4) is 0 Å². The maximum Gasteiger partial charge on any atom is 0.298 e. The van der Waals surface area contributed by atoms with E-state index in [0.717, 1.165) is 5.56 Å². The Labute approximate surface area is 193 Å². The van der Waals surface area contributed by atoms with E-state index < -0.39 is 27.7 Å². The summed E-state index contributed by atoms with van der Waals surface area (Å²) in [5.74, 6) is -0.406. The molecule has 9 heteroatoms. The third-order valence-electron chi connectivity index (χ3n) is 4.76. The number of hydrogen-bond donors (Lipinski definition) is 2. The fourth-order valence-electron chi connectivity index (χ4n) is 3.37. The number of aliphatic hydroxyl groups is 1. The van der Waals surface area contributed by atoms with Gasteiger partial charge in [-0.3, -0.25) is 14.0 Å². The topological polar surface area (TPSA) is 129 Å². The van der Waals surface area contributed by atoms with E-state index in [1.807, 2.05) is 12.1 Å². The Morgan fingerprint density at radius 2 is 1.94 bits per heavy atom. The smallest absolute Gasteiger partial charge is 0.298 e. The number of carbonyl (C=O) groups is 1. The van der Waals surface area contributed by atoms with Gasteiger partial charge in [-0.05, 0) is 80.3 Å². The van der Waals surface area contributed by atoms with Crippen molar-refractivity contribution in [1.29, 1.82) is 0 Å². The zero-order valence-corrected chi connectivity index (χ0v) is 19.6. The van der Waals surface area contributed by atoms with Gasteiger partial charge in [-0.2, -0.15) is 8.42 Å². The lowest BCUT2D eigenvalue weighted by Crippen LogP contribution is -2.26. The Bertz CT molecular complexity index is 1240. The fourth-order valence-corrected chi connectivity index (χ4v) is 4.81. The number of aliphatic hydroxyl groups excluding tert-OH is 1. The van der Waals surface area contributed by atoms with Crippen molar-refractivity contribution >= 4 is 26.8 Å². The lowest BCUT2D eigenvalue weighted by atomic mass is 10.0. The molecule has 0 bridgehead atoms. The molecule has 1 aromatic heterocycles. The minimum Gasteiger partial charge on any atom is -0.491 e. The van der Waals surface area contributed by atoms with Crippen molar-refractivity contribution in [1.82, 2.24) is 4.98 Å². The number of carbonyl (C=O) groups excluding carboxylic acids is 1. The van der Waals surface area contributed by atoms with Gasteiger partial charge in [-0.25, -0.2) is 0 Å².